The zero-order valence-electron chi connectivity index (χ0n) is 29.4. The molecule has 0 spiro atoms. The van der Waals surface area contributed by atoms with E-state index in [0.29, 0.717) is 52.5 Å². The second kappa shape index (κ2) is 16.7. The van der Waals surface area contributed by atoms with E-state index in [1.165, 1.54) is 3.97 Å². The molecule has 6 aromatic rings. The number of hydrogen-bond acceptors (Lipinski definition) is 10. The maximum Gasteiger partial charge on any atom is 0.269 e. The van der Waals surface area contributed by atoms with E-state index in [1.807, 2.05) is 42.5 Å². The van der Waals surface area contributed by atoms with Crippen molar-refractivity contribution in [3.05, 3.63) is 127 Å². The van der Waals surface area contributed by atoms with E-state index in [4.69, 9.17) is 24.2 Å². The standard InChI is InChI=1S/C30H24N4O4S.C12H13NO2/c31-19-23-17-21(8-9-29(23)38-24-11-15-37-16-12-24)26-10-14-33-30-27(26)18-28(22-5-4-13-32-20-22)34(30)39(35,36)25-6-2-1-3-7-25;13-9-10-3-1-2-4-12(10)15-11-5-7-14-8-6-11/h1-10,13-14,17-18,20,24H,11-12,15-16H2;1-4,11H,5-8H2. The summed E-state index contributed by atoms with van der Waals surface area (Å²) in [6.45, 7) is 2.78. The Morgan fingerprint density at radius 3 is 1.98 bits per heavy atom. The van der Waals surface area contributed by atoms with Gasteiger partial charge < -0.3 is 18.9 Å². The van der Waals surface area contributed by atoms with Crippen molar-refractivity contribution in [2.45, 2.75) is 42.8 Å². The monoisotopic (exact) mass is 739 g/mol. The molecular weight excluding hydrogens is 703 g/mol. The Morgan fingerprint density at radius 1 is 0.685 bits per heavy atom. The number of ether oxygens (including phenoxy) is 4. The average Bonchev–Trinajstić information content (AvgIpc) is 3.64. The number of rotatable bonds is 8. The van der Waals surface area contributed by atoms with E-state index >= 15 is 0 Å². The van der Waals surface area contributed by atoms with E-state index in [0.717, 1.165) is 50.0 Å². The summed E-state index contributed by atoms with van der Waals surface area (Å²) < 4.78 is 51.7. The molecule has 2 aliphatic rings. The summed E-state index contributed by atoms with van der Waals surface area (Å²) in [6, 6.07) is 32.7. The average molecular weight is 740 g/mol. The summed E-state index contributed by atoms with van der Waals surface area (Å²) in [4.78, 5) is 8.86. The lowest BCUT2D eigenvalue weighted by molar-refractivity contribution is 0.0252. The number of para-hydroxylation sites is 1. The predicted molar refractivity (Wildman–Crippen MR) is 202 cm³/mol. The molecule has 0 amide bonds. The number of benzene rings is 3. The van der Waals surface area contributed by atoms with Crippen molar-refractivity contribution in [2.24, 2.45) is 0 Å². The summed E-state index contributed by atoms with van der Waals surface area (Å²) in [6.07, 6.45) is 8.40. The van der Waals surface area contributed by atoms with Crippen LogP contribution in [0.5, 0.6) is 11.5 Å². The SMILES string of the molecule is N#Cc1cc(-c2ccnc3c2cc(-c2cccnc2)n3S(=O)(=O)c2ccccc2)ccc1OC1CCOCC1.N#Cc1ccccc1OC1CCOCC1. The lowest BCUT2D eigenvalue weighted by Crippen LogP contribution is -2.26. The molecular formula is C42H37N5O6S. The van der Waals surface area contributed by atoms with E-state index < -0.39 is 10.0 Å². The number of hydrogen-bond donors (Lipinski definition) is 0. The van der Waals surface area contributed by atoms with Gasteiger partial charge in [-0.05, 0) is 71.8 Å². The maximum atomic E-state index is 13.9. The molecule has 12 heteroatoms. The third kappa shape index (κ3) is 7.97. The van der Waals surface area contributed by atoms with Crippen LogP contribution >= 0.6 is 0 Å². The normalized spacial score (nSPS) is 15.0. The van der Waals surface area contributed by atoms with Crippen LogP contribution in [-0.2, 0) is 19.5 Å². The lowest BCUT2D eigenvalue weighted by atomic mass is 10.0. The van der Waals surface area contributed by atoms with E-state index in [2.05, 4.69) is 22.1 Å². The highest BCUT2D eigenvalue weighted by Crippen LogP contribution is 2.37. The van der Waals surface area contributed by atoms with Crippen LogP contribution in [0, 0.1) is 22.7 Å². The third-order valence-electron chi connectivity index (χ3n) is 9.24. The van der Waals surface area contributed by atoms with Crippen LogP contribution in [0.3, 0.4) is 0 Å². The van der Waals surface area contributed by atoms with Crippen LogP contribution in [0.25, 0.3) is 33.4 Å². The molecule has 5 heterocycles. The molecule has 0 aliphatic carbocycles. The fourth-order valence-electron chi connectivity index (χ4n) is 6.48. The van der Waals surface area contributed by atoms with Gasteiger partial charge in [0, 0.05) is 55.2 Å². The van der Waals surface area contributed by atoms with Gasteiger partial charge in [0.05, 0.1) is 48.1 Å². The molecule has 2 fully saturated rings. The van der Waals surface area contributed by atoms with Gasteiger partial charge in [0.25, 0.3) is 10.0 Å². The second-order valence-electron chi connectivity index (χ2n) is 12.7. The number of pyridine rings is 2. The Kier molecular flexibility index (Phi) is 11.3. The maximum absolute atomic E-state index is 13.9. The Labute approximate surface area is 314 Å². The summed E-state index contributed by atoms with van der Waals surface area (Å²) in [5, 5.41) is 19.4. The minimum Gasteiger partial charge on any atom is -0.489 e. The first-order chi connectivity index (χ1) is 26.5. The van der Waals surface area contributed by atoms with Gasteiger partial charge in [-0.1, -0.05) is 36.4 Å². The van der Waals surface area contributed by atoms with Crippen LogP contribution in [0.2, 0.25) is 0 Å². The molecule has 0 saturated carbocycles. The van der Waals surface area contributed by atoms with Crippen molar-refractivity contribution in [2.75, 3.05) is 26.4 Å². The molecule has 0 atom stereocenters. The first kappa shape index (κ1) is 36.3. The first-order valence-corrected chi connectivity index (χ1v) is 19.1. The Morgan fingerprint density at radius 2 is 1.33 bits per heavy atom. The van der Waals surface area contributed by atoms with Crippen LogP contribution in [0.15, 0.2) is 121 Å². The third-order valence-corrected chi connectivity index (χ3v) is 11.0. The minimum atomic E-state index is -3.99. The molecule has 0 N–H and O–H groups in total. The van der Waals surface area contributed by atoms with Crippen molar-refractivity contribution >= 4 is 21.1 Å². The van der Waals surface area contributed by atoms with Crippen LogP contribution in [0.4, 0.5) is 0 Å². The first-order valence-electron chi connectivity index (χ1n) is 17.7. The van der Waals surface area contributed by atoms with E-state index in [-0.39, 0.29) is 22.8 Å². The zero-order chi connectivity index (χ0) is 37.3. The molecule has 0 radical (unpaired) electrons. The smallest absolute Gasteiger partial charge is 0.269 e. The van der Waals surface area contributed by atoms with Gasteiger partial charge >= 0.3 is 0 Å². The van der Waals surface area contributed by atoms with Crippen molar-refractivity contribution < 1.29 is 27.4 Å². The van der Waals surface area contributed by atoms with Gasteiger partial charge in [0.2, 0.25) is 0 Å². The van der Waals surface area contributed by atoms with E-state index in [1.54, 1.807) is 73.2 Å². The summed E-state index contributed by atoms with van der Waals surface area (Å²) >= 11 is 0. The van der Waals surface area contributed by atoms with Gasteiger partial charge in [-0.2, -0.15) is 10.5 Å². The Balaban J connectivity index is 0.000000251. The fourth-order valence-corrected chi connectivity index (χ4v) is 7.98. The number of nitrogens with zero attached hydrogens (tertiary/aromatic N) is 5. The zero-order valence-corrected chi connectivity index (χ0v) is 30.2. The molecule has 54 heavy (non-hydrogen) atoms. The van der Waals surface area contributed by atoms with Gasteiger partial charge in [-0.15, -0.1) is 0 Å². The molecule has 0 unspecified atom stereocenters. The fraction of sp³-hybridized carbons (Fsp3) is 0.238. The van der Waals surface area contributed by atoms with Crippen LogP contribution < -0.4 is 9.47 Å². The van der Waals surface area contributed by atoms with Gasteiger partial charge in [-0.3, -0.25) is 4.98 Å². The van der Waals surface area contributed by atoms with Crippen molar-refractivity contribution in [1.82, 2.24) is 13.9 Å². The van der Waals surface area contributed by atoms with Gasteiger partial charge in [0.1, 0.15) is 35.8 Å². The second-order valence-corrected chi connectivity index (χ2v) is 14.5. The highest BCUT2D eigenvalue weighted by Gasteiger charge is 2.26. The summed E-state index contributed by atoms with van der Waals surface area (Å²) in [7, 11) is -3.99. The quantitative estimate of drug-likeness (QED) is 0.153. The molecule has 0 bridgehead atoms. The summed E-state index contributed by atoms with van der Waals surface area (Å²) in [5.74, 6) is 1.21. The molecule has 272 valence electrons. The van der Waals surface area contributed by atoms with Crippen molar-refractivity contribution in [1.29, 1.82) is 10.5 Å². The highest BCUT2D eigenvalue weighted by molar-refractivity contribution is 7.90. The predicted octanol–water partition coefficient (Wildman–Crippen LogP) is 7.55. The number of nitriles is 2. The molecule has 8 rings (SSSR count). The molecule has 2 saturated heterocycles. The van der Waals surface area contributed by atoms with Gasteiger partial charge in [0.15, 0.2) is 5.65 Å². The van der Waals surface area contributed by atoms with E-state index in [9.17, 15) is 13.7 Å². The topological polar surface area (TPSA) is 149 Å². The largest absolute Gasteiger partial charge is 0.489 e. The van der Waals surface area contributed by atoms with Gasteiger partial charge in [-0.25, -0.2) is 17.4 Å². The van der Waals surface area contributed by atoms with Crippen molar-refractivity contribution in [3.63, 3.8) is 0 Å². The highest BCUT2D eigenvalue weighted by atomic mass is 32.2. The molecule has 3 aromatic carbocycles. The van der Waals surface area contributed by atoms with Crippen LogP contribution in [-0.4, -0.2) is 61.0 Å². The number of aromatic nitrogens is 3. The Bertz CT molecular complexity index is 2410. The Hall–Kier alpha value is -6.05. The number of fused-ring (bicyclic) bond motifs is 1. The molecule has 11 nitrogen and oxygen atoms in total. The minimum absolute atomic E-state index is 0.00333. The summed E-state index contributed by atoms with van der Waals surface area (Å²) in [5.41, 5.74) is 3.89. The van der Waals surface area contributed by atoms with Crippen molar-refractivity contribution in [3.8, 4) is 46.0 Å². The molecule has 2 aliphatic heterocycles. The van der Waals surface area contributed by atoms with Crippen LogP contribution in [0.1, 0.15) is 36.8 Å². The lowest BCUT2D eigenvalue weighted by Gasteiger charge is -2.23. The molecule has 3 aromatic heterocycles.